The molecular weight excluding hydrogens is 402 g/mol. The van der Waals surface area contributed by atoms with E-state index in [0.29, 0.717) is 0 Å². The predicted octanol–water partition coefficient (Wildman–Crippen LogP) is 4.78. The number of aromatic nitrogens is 3. The lowest BCUT2D eigenvalue weighted by Crippen LogP contribution is -2.31. The van der Waals surface area contributed by atoms with Crippen LogP contribution in [0, 0.1) is 0 Å². The van der Waals surface area contributed by atoms with Crippen LogP contribution in [0.4, 0.5) is 0 Å². The number of nitrogens with zero attached hydrogens (tertiary/aromatic N) is 5. The second-order valence-electron chi connectivity index (χ2n) is 7.55. The van der Waals surface area contributed by atoms with E-state index >= 15 is 0 Å². The molecule has 0 saturated carbocycles. The third-order valence-corrected chi connectivity index (χ3v) is 6.70. The Balaban J connectivity index is 1.27. The molecule has 29 heavy (non-hydrogen) atoms. The van der Waals surface area contributed by atoms with E-state index in [2.05, 4.69) is 19.9 Å². The SMILES string of the molecule is Clc1ccc(-c2ncc(CN3CCc4nc(C5=NCCCC5)ncc4C3)s2)cc1. The fourth-order valence-corrected chi connectivity index (χ4v) is 4.94. The molecular formula is C22H22ClN5S. The summed E-state index contributed by atoms with van der Waals surface area (Å²) in [7, 11) is 0. The van der Waals surface area contributed by atoms with Gasteiger partial charge in [-0.3, -0.25) is 9.89 Å². The Labute approximate surface area is 179 Å². The average molecular weight is 424 g/mol. The Bertz CT molecular complexity index is 1040. The van der Waals surface area contributed by atoms with Crippen LogP contribution >= 0.6 is 22.9 Å². The number of thiazole rings is 1. The van der Waals surface area contributed by atoms with Crippen molar-refractivity contribution in [3.05, 3.63) is 63.6 Å². The van der Waals surface area contributed by atoms with Gasteiger partial charge in [0.15, 0.2) is 5.82 Å². The van der Waals surface area contributed by atoms with E-state index in [1.807, 2.05) is 36.7 Å². The summed E-state index contributed by atoms with van der Waals surface area (Å²) in [6.07, 6.45) is 8.34. The van der Waals surface area contributed by atoms with Gasteiger partial charge in [-0.05, 0) is 31.4 Å². The van der Waals surface area contributed by atoms with Gasteiger partial charge in [0, 0.05) is 66.0 Å². The number of aliphatic imine (C=N–C) groups is 1. The van der Waals surface area contributed by atoms with E-state index in [4.69, 9.17) is 16.6 Å². The summed E-state index contributed by atoms with van der Waals surface area (Å²) in [6, 6.07) is 7.86. The molecule has 0 spiro atoms. The number of hydrogen-bond acceptors (Lipinski definition) is 6. The van der Waals surface area contributed by atoms with Gasteiger partial charge in [0.05, 0.1) is 11.4 Å². The zero-order valence-electron chi connectivity index (χ0n) is 16.1. The van der Waals surface area contributed by atoms with E-state index in [1.165, 1.54) is 29.0 Å². The molecule has 0 amide bonds. The van der Waals surface area contributed by atoms with Gasteiger partial charge in [-0.1, -0.05) is 23.7 Å². The molecule has 0 bridgehead atoms. The Morgan fingerprint density at radius 3 is 2.76 bits per heavy atom. The standard InChI is InChI=1S/C22H22ClN5S/c23-17-6-4-15(5-7-17)22-26-12-18(29-22)14-28-10-8-19-16(13-28)11-25-21(27-19)20-3-1-2-9-24-20/h4-7,11-12H,1-3,8-10,13-14H2. The Kier molecular flexibility index (Phi) is 5.40. The summed E-state index contributed by atoms with van der Waals surface area (Å²) in [6.45, 7) is 3.70. The fraction of sp³-hybridized carbons (Fsp3) is 0.364. The molecule has 0 fully saturated rings. The van der Waals surface area contributed by atoms with Crippen molar-refractivity contribution in [2.75, 3.05) is 13.1 Å². The largest absolute Gasteiger partial charge is 0.293 e. The molecule has 0 saturated heterocycles. The molecule has 4 heterocycles. The third-order valence-electron chi connectivity index (χ3n) is 5.42. The van der Waals surface area contributed by atoms with Crippen molar-refractivity contribution >= 4 is 28.6 Å². The zero-order valence-corrected chi connectivity index (χ0v) is 17.7. The predicted molar refractivity (Wildman–Crippen MR) is 118 cm³/mol. The number of fused-ring (bicyclic) bond motifs is 1. The zero-order chi connectivity index (χ0) is 19.6. The summed E-state index contributed by atoms with van der Waals surface area (Å²) in [5, 5.41) is 1.79. The van der Waals surface area contributed by atoms with Crippen LogP contribution in [0.1, 0.15) is 41.2 Å². The number of hydrogen-bond donors (Lipinski definition) is 0. The van der Waals surface area contributed by atoms with Crippen molar-refractivity contribution in [3.63, 3.8) is 0 Å². The van der Waals surface area contributed by atoms with Crippen molar-refractivity contribution in [1.82, 2.24) is 19.9 Å². The van der Waals surface area contributed by atoms with Crippen LogP contribution in [-0.4, -0.2) is 38.7 Å². The molecule has 0 unspecified atom stereocenters. The quantitative estimate of drug-likeness (QED) is 0.605. The lowest BCUT2D eigenvalue weighted by Gasteiger charge is -2.27. The van der Waals surface area contributed by atoms with E-state index in [-0.39, 0.29) is 0 Å². The average Bonchev–Trinajstić information content (AvgIpc) is 3.23. The summed E-state index contributed by atoms with van der Waals surface area (Å²) < 4.78 is 0. The highest BCUT2D eigenvalue weighted by Crippen LogP contribution is 2.28. The maximum absolute atomic E-state index is 5.99. The van der Waals surface area contributed by atoms with Gasteiger partial charge in [0.2, 0.25) is 0 Å². The smallest absolute Gasteiger partial charge is 0.173 e. The van der Waals surface area contributed by atoms with Crippen molar-refractivity contribution in [3.8, 4) is 10.6 Å². The van der Waals surface area contributed by atoms with Gasteiger partial charge in [0.1, 0.15) is 5.01 Å². The lowest BCUT2D eigenvalue weighted by molar-refractivity contribution is 0.245. The molecule has 0 radical (unpaired) electrons. The van der Waals surface area contributed by atoms with Gasteiger partial charge in [-0.2, -0.15) is 0 Å². The first-order chi connectivity index (χ1) is 14.2. The van der Waals surface area contributed by atoms with Gasteiger partial charge in [-0.25, -0.2) is 15.0 Å². The molecule has 2 aliphatic heterocycles. The highest BCUT2D eigenvalue weighted by molar-refractivity contribution is 7.15. The van der Waals surface area contributed by atoms with Gasteiger partial charge < -0.3 is 0 Å². The van der Waals surface area contributed by atoms with Crippen molar-refractivity contribution in [2.24, 2.45) is 4.99 Å². The maximum atomic E-state index is 5.99. The van der Waals surface area contributed by atoms with Crippen molar-refractivity contribution < 1.29 is 0 Å². The molecule has 2 aromatic heterocycles. The van der Waals surface area contributed by atoms with Gasteiger partial charge in [0.25, 0.3) is 0 Å². The minimum absolute atomic E-state index is 0.749. The van der Waals surface area contributed by atoms with Crippen LogP contribution in [0.2, 0.25) is 5.02 Å². The highest BCUT2D eigenvalue weighted by Gasteiger charge is 2.21. The third kappa shape index (κ3) is 4.25. The molecule has 2 aliphatic rings. The maximum Gasteiger partial charge on any atom is 0.173 e. The highest BCUT2D eigenvalue weighted by atomic mass is 35.5. The summed E-state index contributed by atoms with van der Waals surface area (Å²) in [5.74, 6) is 0.840. The molecule has 0 atom stereocenters. The molecule has 5 rings (SSSR count). The van der Waals surface area contributed by atoms with Crippen molar-refractivity contribution in [1.29, 1.82) is 0 Å². The topological polar surface area (TPSA) is 54.3 Å². The molecule has 0 N–H and O–H groups in total. The van der Waals surface area contributed by atoms with Crippen LogP contribution in [-0.2, 0) is 19.5 Å². The second-order valence-corrected chi connectivity index (χ2v) is 9.10. The molecule has 1 aromatic carbocycles. The van der Waals surface area contributed by atoms with Gasteiger partial charge >= 0.3 is 0 Å². The van der Waals surface area contributed by atoms with Crippen LogP contribution in [0.25, 0.3) is 10.6 Å². The van der Waals surface area contributed by atoms with Gasteiger partial charge in [-0.15, -0.1) is 11.3 Å². The summed E-state index contributed by atoms with van der Waals surface area (Å²) >= 11 is 7.73. The van der Waals surface area contributed by atoms with Crippen LogP contribution in [0.5, 0.6) is 0 Å². The molecule has 5 nitrogen and oxygen atoms in total. The van der Waals surface area contributed by atoms with E-state index in [0.717, 1.165) is 66.2 Å². The van der Waals surface area contributed by atoms with Crippen LogP contribution in [0.15, 0.2) is 41.7 Å². The minimum atomic E-state index is 0.749. The van der Waals surface area contributed by atoms with E-state index < -0.39 is 0 Å². The summed E-state index contributed by atoms with van der Waals surface area (Å²) in [5.41, 5.74) is 4.62. The van der Waals surface area contributed by atoms with E-state index in [1.54, 1.807) is 11.3 Å². The molecule has 0 aliphatic carbocycles. The number of benzene rings is 1. The molecule has 7 heteroatoms. The van der Waals surface area contributed by atoms with Crippen LogP contribution < -0.4 is 0 Å². The summed E-state index contributed by atoms with van der Waals surface area (Å²) in [4.78, 5) is 22.4. The van der Waals surface area contributed by atoms with E-state index in [9.17, 15) is 0 Å². The number of rotatable bonds is 4. The first kappa shape index (κ1) is 18.9. The Hall–Kier alpha value is -2.15. The van der Waals surface area contributed by atoms with Crippen molar-refractivity contribution in [2.45, 2.75) is 38.8 Å². The minimum Gasteiger partial charge on any atom is -0.293 e. The molecule has 3 aromatic rings. The first-order valence-corrected chi connectivity index (χ1v) is 11.3. The fourth-order valence-electron chi connectivity index (χ4n) is 3.86. The number of halogens is 1. The normalized spacial score (nSPS) is 17.1. The van der Waals surface area contributed by atoms with Crippen LogP contribution in [0.3, 0.4) is 0 Å². The Morgan fingerprint density at radius 2 is 1.93 bits per heavy atom. The lowest BCUT2D eigenvalue weighted by atomic mass is 10.1. The first-order valence-electron chi connectivity index (χ1n) is 10.1. The second kappa shape index (κ2) is 8.30. The molecule has 148 valence electrons. The monoisotopic (exact) mass is 423 g/mol. The Morgan fingerprint density at radius 1 is 1.03 bits per heavy atom.